The highest BCUT2D eigenvalue weighted by atomic mass is 16.3. The quantitative estimate of drug-likeness (QED) is 0.834. The number of nitrogens with zero attached hydrogens (tertiary/aromatic N) is 1. The topological polar surface area (TPSA) is 56.0 Å². The van der Waals surface area contributed by atoms with Gasteiger partial charge in [0.15, 0.2) is 0 Å². The van der Waals surface area contributed by atoms with Crippen molar-refractivity contribution in [3.63, 3.8) is 0 Å². The van der Waals surface area contributed by atoms with E-state index in [2.05, 4.69) is 11.4 Å². The van der Waals surface area contributed by atoms with Gasteiger partial charge < -0.3 is 10.4 Å². The molecule has 17 heavy (non-hydrogen) atoms. The molecule has 0 spiro atoms. The third kappa shape index (κ3) is 3.29. The van der Waals surface area contributed by atoms with Crippen molar-refractivity contribution in [1.82, 2.24) is 5.32 Å². The van der Waals surface area contributed by atoms with E-state index in [0.29, 0.717) is 5.56 Å². The largest absolute Gasteiger partial charge is 0.392 e. The van der Waals surface area contributed by atoms with E-state index in [4.69, 9.17) is 5.26 Å². The number of nitriles is 1. The van der Waals surface area contributed by atoms with Crippen LogP contribution in [0, 0.1) is 11.3 Å². The summed E-state index contributed by atoms with van der Waals surface area (Å²) < 4.78 is 0. The van der Waals surface area contributed by atoms with Crippen LogP contribution in [0.2, 0.25) is 0 Å². The Hall–Kier alpha value is -1.37. The van der Waals surface area contributed by atoms with Gasteiger partial charge in [0.2, 0.25) is 0 Å². The highest BCUT2D eigenvalue weighted by Gasteiger charge is 2.21. The van der Waals surface area contributed by atoms with Crippen LogP contribution in [0.5, 0.6) is 0 Å². The molecule has 0 unspecified atom stereocenters. The van der Waals surface area contributed by atoms with Crippen molar-refractivity contribution in [2.75, 3.05) is 0 Å². The lowest BCUT2D eigenvalue weighted by atomic mass is 9.92. The molecule has 0 amide bonds. The number of aliphatic hydroxyl groups excluding tert-OH is 1. The van der Waals surface area contributed by atoms with Crippen molar-refractivity contribution in [3.05, 3.63) is 35.4 Å². The van der Waals surface area contributed by atoms with Gasteiger partial charge in [0, 0.05) is 12.6 Å². The molecule has 90 valence electrons. The first-order chi connectivity index (χ1) is 8.29. The van der Waals surface area contributed by atoms with Gasteiger partial charge in [0.1, 0.15) is 0 Å². The molecule has 1 fully saturated rings. The van der Waals surface area contributed by atoms with E-state index in [1.165, 1.54) is 6.42 Å². The van der Waals surface area contributed by atoms with E-state index in [0.717, 1.165) is 31.4 Å². The Balaban J connectivity index is 1.86. The Morgan fingerprint density at radius 1 is 1.24 bits per heavy atom. The molecule has 0 heterocycles. The highest BCUT2D eigenvalue weighted by molar-refractivity contribution is 5.31. The van der Waals surface area contributed by atoms with Crippen molar-refractivity contribution in [3.8, 4) is 6.07 Å². The molecule has 1 aliphatic carbocycles. The van der Waals surface area contributed by atoms with E-state index in [-0.39, 0.29) is 12.1 Å². The Kier molecular flexibility index (Phi) is 4.13. The molecule has 0 radical (unpaired) electrons. The fraction of sp³-hybridized carbons (Fsp3) is 0.500. The minimum atomic E-state index is -0.206. The third-order valence-corrected chi connectivity index (χ3v) is 3.38. The summed E-state index contributed by atoms with van der Waals surface area (Å²) in [6.07, 6.45) is 4.09. The van der Waals surface area contributed by atoms with Gasteiger partial charge in [-0.3, -0.25) is 0 Å². The van der Waals surface area contributed by atoms with Gasteiger partial charge in [0.25, 0.3) is 0 Å². The SMILES string of the molecule is N#Cc1ccc(CN[C@H]2CCCC[C@@H]2O)cc1. The van der Waals surface area contributed by atoms with Crippen LogP contribution in [0.1, 0.15) is 36.8 Å². The van der Waals surface area contributed by atoms with Crippen LogP contribution in [0.25, 0.3) is 0 Å². The average molecular weight is 230 g/mol. The molecule has 1 saturated carbocycles. The fourth-order valence-corrected chi connectivity index (χ4v) is 2.30. The third-order valence-electron chi connectivity index (χ3n) is 3.38. The lowest BCUT2D eigenvalue weighted by Gasteiger charge is -2.28. The monoisotopic (exact) mass is 230 g/mol. The molecule has 0 aliphatic heterocycles. The zero-order chi connectivity index (χ0) is 12.1. The van der Waals surface area contributed by atoms with E-state index in [1.54, 1.807) is 0 Å². The second-order valence-electron chi connectivity index (χ2n) is 4.65. The lowest BCUT2D eigenvalue weighted by Crippen LogP contribution is -2.41. The van der Waals surface area contributed by atoms with E-state index >= 15 is 0 Å². The van der Waals surface area contributed by atoms with Gasteiger partial charge in [-0.15, -0.1) is 0 Å². The summed E-state index contributed by atoms with van der Waals surface area (Å²) in [6.45, 7) is 0.757. The van der Waals surface area contributed by atoms with Gasteiger partial charge >= 0.3 is 0 Å². The number of aliphatic hydroxyl groups is 1. The second kappa shape index (κ2) is 5.81. The standard InChI is InChI=1S/C14H18N2O/c15-9-11-5-7-12(8-6-11)10-16-13-3-1-2-4-14(13)17/h5-8,13-14,16-17H,1-4,10H2/t13-,14-/m0/s1. The Morgan fingerprint density at radius 2 is 1.94 bits per heavy atom. The van der Waals surface area contributed by atoms with Gasteiger partial charge in [-0.1, -0.05) is 25.0 Å². The summed E-state index contributed by atoms with van der Waals surface area (Å²) in [5, 5.41) is 21.9. The molecule has 3 heteroatoms. The minimum Gasteiger partial charge on any atom is -0.392 e. The first-order valence-corrected chi connectivity index (χ1v) is 6.20. The van der Waals surface area contributed by atoms with Crippen molar-refractivity contribution < 1.29 is 5.11 Å². The molecule has 1 aliphatic rings. The fourth-order valence-electron chi connectivity index (χ4n) is 2.30. The summed E-state index contributed by atoms with van der Waals surface area (Å²) in [4.78, 5) is 0. The van der Waals surface area contributed by atoms with Crippen molar-refractivity contribution in [2.45, 2.75) is 44.4 Å². The summed E-state index contributed by atoms with van der Waals surface area (Å²) in [5.41, 5.74) is 1.84. The molecule has 2 atom stereocenters. The Labute approximate surface area is 102 Å². The van der Waals surface area contributed by atoms with Crippen molar-refractivity contribution in [2.24, 2.45) is 0 Å². The maximum atomic E-state index is 9.82. The zero-order valence-electron chi connectivity index (χ0n) is 9.89. The summed E-state index contributed by atoms with van der Waals surface area (Å²) in [5.74, 6) is 0. The van der Waals surface area contributed by atoms with Gasteiger partial charge in [0.05, 0.1) is 17.7 Å². The molecule has 3 nitrogen and oxygen atoms in total. The first-order valence-electron chi connectivity index (χ1n) is 6.20. The molecule has 2 rings (SSSR count). The van der Waals surface area contributed by atoms with E-state index < -0.39 is 0 Å². The lowest BCUT2D eigenvalue weighted by molar-refractivity contribution is 0.0902. The maximum Gasteiger partial charge on any atom is 0.0991 e. The molecular weight excluding hydrogens is 212 g/mol. The second-order valence-corrected chi connectivity index (χ2v) is 4.65. The van der Waals surface area contributed by atoms with Crippen LogP contribution in [0.3, 0.4) is 0 Å². The molecule has 0 aromatic heterocycles. The number of nitrogens with one attached hydrogen (secondary N) is 1. The van der Waals surface area contributed by atoms with E-state index in [1.807, 2.05) is 24.3 Å². The van der Waals surface area contributed by atoms with Crippen molar-refractivity contribution in [1.29, 1.82) is 5.26 Å². The van der Waals surface area contributed by atoms with Crippen molar-refractivity contribution >= 4 is 0 Å². The smallest absolute Gasteiger partial charge is 0.0991 e. The number of hydrogen-bond donors (Lipinski definition) is 2. The molecule has 1 aromatic rings. The molecule has 0 bridgehead atoms. The molecular formula is C14H18N2O. The van der Waals surface area contributed by atoms with Gasteiger partial charge in [-0.05, 0) is 30.5 Å². The first kappa shape index (κ1) is 12.1. The van der Waals surface area contributed by atoms with Crippen LogP contribution < -0.4 is 5.32 Å². The van der Waals surface area contributed by atoms with Crippen LogP contribution in [0.4, 0.5) is 0 Å². The normalized spacial score (nSPS) is 24.2. The van der Waals surface area contributed by atoms with Crippen LogP contribution >= 0.6 is 0 Å². The Bertz CT molecular complexity index is 394. The predicted octanol–water partition coefficient (Wildman–Crippen LogP) is 1.95. The number of benzene rings is 1. The zero-order valence-corrected chi connectivity index (χ0v) is 9.89. The number of hydrogen-bond acceptors (Lipinski definition) is 3. The van der Waals surface area contributed by atoms with Crippen LogP contribution in [-0.4, -0.2) is 17.3 Å². The molecule has 1 aromatic carbocycles. The summed E-state index contributed by atoms with van der Waals surface area (Å²) in [7, 11) is 0. The van der Waals surface area contributed by atoms with Gasteiger partial charge in [-0.2, -0.15) is 5.26 Å². The molecule has 2 N–H and O–H groups in total. The van der Waals surface area contributed by atoms with Crippen LogP contribution in [-0.2, 0) is 6.54 Å². The predicted molar refractivity (Wildman–Crippen MR) is 66.3 cm³/mol. The molecule has 0 saturated heterocycles. The minimum absolute atomic E-state index is 0.206. The number of rotatable bonds is 3. The highest BCUT2D eigenvalue weighted by Crippen LogP contribution is 2.18. The summed E-state index contributed by atoms with van der Waals surface area (Å²) >= 11 is 0. The maximum absolute atomic E-state index is 9.82. The van der Waals surface area contributed by atoms with Crippen LogP contribution in [0.15, 0.2) is 24.3 Å². The van der Waals surface area contributed by atoms with Gasteiger partial charge in [-0.25, -0.2) is 0 Å². The average Bonchev–Trinajstić information content (AvgIpc) is 2.38. The summed E-state index contributed by atoms with van der Waals surface area (Å²) in [6, 6.07) is 9.90. The van der Waals surface area contributed by atoms with E-state index in [9.17, 15) is 5.11 Å². The Morgan fingerprint density at radius 3 is 2.59 bits per heavy atom.